The van der Waals surface area contributed by atoms with E-state index in [2.05, 4.69) is 52.2 Å². The monoisotopic (exact) mass is 424 g/mol. The van der Waals surface area contributed by atoms with E-state index in [-0.39, 0.29) is 5.91 Å². The molecule has 6 rings (SSSR count). The molecular weight excluding hydrogens is 400 g/mol. The second kappa shape index (κ2) is 7.46. The Morgan fingerprint density at radius 1 is 1.03 bits per heavy atom. The van der Waals surface area contributed by atoms with E-state index in [1.807, 2.05) is 29.0 Å². The average molecular weight is 425 g/mol. The Balaban J connectivity index is 1.41. The molecule has 0 fully saturated rings. The number of aromatic nitrogens is 3. The van der Waals surface area contributed by atoms with E-state index in [1.54, 1.807) is 0 Å². The Bertz CT molecular complexity index is 1370. The number of rotatable bonds is 3. The van der Waals surface area contributed by atoms with Crippen molar-refractivity contribution >= 4 is 22.9 Å². The van der Waals surface area contributed by atoms with E-state index >= 15 is 0 Å². The van der Waals surface area contributed by atoms with E-state index in [1.165, 1.54) is 5.56 Å². The quantitative estimate of drug-likeness (QED) is 0.470. The highest BCUT2D eigenvalue weighted by Gasteiger charge is 2.27. The van der Waals surface area contributed by atoms with Crippen LogP contribution >= 0.6 is 0 Å². The van der Waals surface area contributed by atoms with Gasteiger partial charge >= 0.3 is 0 Å². The zero-order chi connectivity index (χ0) is 21.7. The first-order valence-corrected chi connectivity index (χ1v) is 11.0. The number of aryl methyl sites for hydroxylation is 1. The third kappa shape index (κ3) is 3.13. The van der Waals surface area contributed by atoms with Crippen molar-refractivity contribution in [2.24, 2.45) is 0 Å². The lowest BCUT2D eigenvalue weighted by Crippen LogP contribution is -2.16. The van der Waals surface area contributed by atoms with Crippen LogP contribution in [0.4, 0.5) is 11.5 Å². The standard InChI is InChI=1S/C25H24N6O/c1-15-2-6-22-18(13-28-31(22)14-15)17-4-5-21(24-19(17)12-27-25(24)32)30-23-7-3-16-8-10-26-11-9-20(16)29-23/h2-7,13-14,26H,8-12H2,1H3,(H,27,32)(H,29,30). The summed E-state index contributed by atoms with van der Waals surface area (Å²) in [5.74, 6) is 0.711. The molecule has 0 radical (unpaired) electrons. The van der Waals surface area contributed by atoms with Gasteiger partial charge in [0.25, 0.3) is 5.91 Å². The van der Waals surface area contributed by atoms with Gasteiger partial charge in [-0.1, -0.05) is 18.2 Å². The number of anilines is 2. The number of amides is 1. The molecule has 3 aromatic heterocycles. The lowest BCUT2D eigenvalue weighted by Gasteiger charge is -2.14. The van der Waals surface area contributed by atoms with Crippen LogP contribution in [0.2, 0.25) is 0 Å². The predicted octanol–water partition coefficient (Wildman–Crippen LogP) is 3.38. The van der Waals surface area contributed by atoms with Crippen molar-refractivity contribution in [2.45, 2.75) is 26.3 Å². The highest BCUT2D eigenvalue weighted by Crippen LogP contribution is 2.36. The number of nitrogens with one attached hydrogen (secondary N) is 3. The molecule has 1 aromatic carbocycles. The largest absolute Gasteiger partial charge is 0.348 e. The van der Waals surface area contributed by atoms with Crippen molar-refractivity contribution in [2.75, 3.05) is 18.4 Å². The Kier molecular flexibility index (Phi) is 4.43. The third-order valence-electron chi connectivity index (χ3n) is 6.36. The third-order valence-corrected chi connectivity index (χ3v) is 6.36. The molecule has 4 aromatic rings. The fourth-order valence-electron chi connectivity index (χ4n) is 4.74. The normalized spacial score (nSPS) is 15.2. The Morgan fingerprint density at radius 2 is 1.94 bits per heavy atom. The van der Waals surface area contributed by atoms with Gasteiger partial charge in [0, 0.05) is 37.0 Å². The minimum atomic E-state index is -0.0596. The van der Waals surface area contributed by atoms with Gasteiger partial charge in [0.1, 0.15) is 5.82 Å². The topological polar surface area (TPSA) is 83.4 Å². The van der Waals surface area contributed by atoms with Gasteiger partial charge in [0.05, 0.1) is 23.0 Å². The van der Waals surface area contributed by atoms with Crippen LogP contribution < -0.4 is 16.0 Å². The smallest absolute Gasteiger partial charge is 0.254 e. The maximum atomic E-state index is 12.8. The molecule has 5 heterocycles. The maximum absolute atomic E-state index is 12.8. The minimum absolute atomic E-state index is 0.0596. The van der Waals surface area contributed by atoms with Crippen LogP contribution in [0.1, 0.15) is 32.7 Å². The van der Waals surface area contributed by atoms with Gasteiger partial charge in [0.15, 0.2) is 0 Å². The highest BCUT2D eigenvalue weighted by atomic mass is 16.1. The van der Waals surface area contributed by atoms with E-state index < -0.39 is 0 Å². The van der Waals surface area contributed by atoms with Crippen molar-refractivity contribution in [1.82, 2.24) is 25.2 Å². The Labute approximate surface area is 185 Å². The van der Waals surface area contributed by atoms with Crippen molar-refractivity contribution < 1.29 is 4.79 Å². The number of carbonyl (C=O) groups excluding carboxylic acids is 1. The van der Waals surface area contributed by atoms with Crippen LogP contribution in [0.5, 0.6) is 0 Å². The lowest BCUT2D eigenvalue weighted by atomic mass is 9.96. The lowest BCUT2D eigenvalue weighted by molar-refractivity contribution is 0.0966. The van der Waals surface area contributed by atoms with Crippen molar-refractivity contribution in [3.8, 4) is 11.1 Å². The number of hydrogen-bond donors (Lipinski definition) is 3. The molecule has 160 valence electrons. The molecule has 2 aliphatic rings. The van der Waals surface area contributed by atoms with Crippen molar-refractivity contribution in [1.29, 1.82) is 0 Å². The number of hydrogen-bond acceptors (Lipinski definition) is 5. The molecular formula is C25H24N6O. The molecule has 2 aliphatic heterocycles. The number of nitrogens with zero attached hydrogens (tertiary/aromatic N) is 3. The SMILES string of the molecule is Cc1ccc2c(-c3ccc(Nc4ccc5c(n4)CCNCC5)c4c3CNC4=O)cnn2c1. The van der Waals surface area contributed by atoms with Crippen LogP contribution in [0.3, 0.4) is 0 Å². The van der Waals surface area contributed by atoms with Gasteiger partial charge in [-0.3, -0.25) is 4.79 Å². The maximum Gasteiger partial charge on any atom is 0.254 e. The van der Waals surface area contributed by atoms with Gasteiger partial charge in [-0.05, 0) is 60.3 Å². The van der Waals surface area contributed by atoms with Crippen molar-refractivity contribution in [3.05, 3.63) is 76.7 Å². The van der Waals surface area contributed by atoms with Crippen molar-refractivity contribution in [3.63, 3.8) is 0 Å². The first kappa shape index (κ1) is 19.0. The van der Waals surface area contributed by atoms with Gasteiger partial charge in [0.2, 0.25) is 0 Å². The zero-order valence-electron chi connectivity index (χ0n) is 17.9. The van der Waals surface area contributed by atoms with Crippen LogP contribution in [0, 0.1) is 6.92 Å². The van der Waals surface area contributed by atoms with E-state index in [0.717, 1.165) is 70.9 Å². The summed E-state index contributed by atoms with van der Waals surface area (Å²) < 4.78 is 1.89. The molecule has 32 heavy (non-hydrogen) atoms. The highest BCUT2D eigenvalue weighted by molar-refractivity contribution is 6.06. The van der Waals surface area contributed by atoms with E-state index in [0.29, 0.717) is 12.1 Å². The van der Waals surface area contributed by atoms with Gasteiger partial charge in [-0.25, -0.2) is 9.50 Å². The summed E-state index contributed by atoms with van der Waals surface area (Å²) in [6.07, 6.45) is 5.80. The molecule has 0 bridgehead atoms. The molecule has 0 spiro atoms. The molecule has 0 atom stereocenters. The second-order valence-electron chi connectivity index (χ2n) is 8.47. The molecule has 0 aliphatic carbocycles. The Hall–Kier alpha value is -3.71. The average Bonchev–Trinajstić information content (AvgIpc) is 3.30. The zero-order valence-corrected chi connectivity index (χ0v) is 17.9. The first-order valence-electron chi connectivity index (χ1n) is 11.0. The molecule has 1 amide bonds. The van der Waals surface area contributed by atoms with E-state index in [9.17, 15) is 4.79 Å². The molecule has 0 unspecified atom stereocenters. The first-order chi connectivity index (χ1) is 15.7. The fourth-order valence-corrected chi connectivity index (χ4v) is 4.74. The number of carbonyl (C=O) groups is 1. The molecule has 7 heteroatoms. The second-order valence-corrected chi connectivity index (χ2v) is 8.47. The molecule has 0 saturated heterocycles. The van der Waals surface area contributed by atoms with Crippen LogP contribution in [-0.2, 0) is 19.4 Å². The van der Waals surface area contributed by atoms with Crippen LogP contribution in [-0.4, -0.2) is 33.6 Å². The molecule has 0 saturated carbocycles. The molecule has 7 nitrogen and oxygen atoms in total. The van der Waals surface area contributed by atoms with Gasteiger partial charge in [-0.15, -0.1) is 0 Å². The van der Waals surface area contributed by atoms with Gasteiger partial charge in [-0.2, -0.15) is 5.10 Å². The predicted molar refractivity (Wildman–Crippen MR) is 124 cm³/mol. The number of benzene rings is 1. The summed E-state index contributed by atoms with van der Waals surface area (Å²) >= 11 is 0. The summed E-state index contributed by atoms with van der Waals surface area (Å²) in [6, 6.07) is 12.4. The summed E-state index contributed by atoms with van der Waals surface area (Å²) in [5.41, 5.74) is 9.12. The van der Waals surface area contributed by atoms with Crippen LogP contribution in [0.15, 0.2) is 48.8 Å². The summed E-state index contributed by atoms with van der Waals surface area (Å²) in [5, 5.41) is 14.3. The summed E-state index contributed by atoms with van der Waals surface area (Å²) in [4.78, 5) is 17.6. The summed E-state index contributed by atoms with van der Waals surface area (Å²) in [6.45, 7) is 4.48. The summed E-state index contributed by atoms with van der Waals surface area (Å²) in [7, 11) is 0. The number of pyridine rings is 2. The Morgan fingerprint density at radius 3 is 2.88 bits per heavy atom. The van der Waals surface area contributed by atoms with Gasteiger partial charge < -0.3 is 16.0 Å². The fraction of sp³-hybridized carbons (Fsp3) is 0.240. The van der Waals surface area contributed by atoms with Crippen LogP contribution in [0.25, 0.3) is 16.6 Å². The molecule has 3 N–H and O–H groups in total. The minimum Gasteiger partial charge on any atom is -0.348 e. The number of fused-ring (bicyclic) bond motifs is 3. The van der Waals surface area contributed by atoms with E-state index in [4.69, 9.17) is 4.98 Å².